The molecule has 0 amide bonds. The Hall–Kier alpha value is -2.92. The highest BCUT2D eigenvalue weighted by molar-refractivity contribution is 7.91. The topological polar surface area (TPSA) is 112 Å². The van der Waals surface area contributed by atoms with Crippen LogP contribution >= 0.6 is 0 Å². The van der Waals surface area contributed by atoms with Crippen molar-refractivity contribution in [3.63, 3.8) is 0 Å². The highest BCUT2D eigenvalue weighted by atomic mass is 32.2. The molecule has 0 aliphatic carbocycles. The van der Waals surface area contributed by atoms with Gasteiger partial charge in [0, 0.05) is 11.1 Å². The summed E-state index contributed by atoms with van der Waals surface area (Å²) >= 11 is 0. The first-order valence-corrected chi connectivity index (χ1v) is 8.42. The predicted molar refractivity (Wildman–Crippen MR) is 86.0 cm³/mol. The van der Waals surface area contributed by atoms with Crippen molar-refractivity contribution < 1.29 is 8.42 Å². The van der Waals surface area contributed by atoms with Gasteiger partial charge in [0.15, 0.2) is 5.65 Å². The second kappa shape index (κ2) is 5.70. The molecule has 1 aromatic carbocycles. The van der Waals surface area contributed by atoms with Gasteiger partial charge in [0.25, 0.3) is 0 Å². The lowest BCUT2D eigenvalue weighted by Gasteiger charge is -2.08. The number of fused-ring (bicyclic) bond motifs is 1. The van der Waals surface area contributed by atoms with E-state index < -0.39 is 10.0 Å². The Kier molecular flexibility index (Phi) is 3.72. The van der Waals surface area contributed by atoms with Crippen LogP contribution in [-0.2, 0) is 15.8 Å². The van der Waals surface area contributed by atoms with Crippen LogP contribution in [0.4, 0.5) is 5.69 Å². The molecule has 2 N–H and O–H groups in total. The summed E-state index contributed by atoms with van der Waals surface area (Å²) in [7, 11) is -3.58. The van der Waals surface area contributed by atoms with Crippen molar-refractivity contribution in [3.05, 3.63) is 53.3 Å². The van der Waals surface area contributed by atoms with Gasteiger partial charge < -0.3 is 0 Å². The van der Waals surface area contributed by atoms with E-state index in [0.717, 1.165) is 11.1 Å². The summed E-state index contributed by atoms with van der Waals surface area (Å²) in [6, 6.07) is 10.1. The van der Waals surface area contributed by atoms with Crippen molar-refractivity contribution >= 4 is 26.7 Å². The van der Waals surface area contributed by atoms with E-state index in [4.69, 9.17) is 5.26 Å². The minimum absolute atomic E-state index is 0.179. The van der Waals surface area contributed by atoms with Crippen LogP contribution in [0.2, 0.25) is 0 Å². The molecule has 0 saturated carbocycles. The molecule has 0 aliphatic heterocycles. The first-order valence-electron chi connectivity index (χ1n) is 6.77. The Morgan fingerprint density at radius 1 is 1.30 bits per heavy atom. The molecule has 8 heteroatoms. The van der Waals surface area contributed by atoms with E-state index in [-0.39, 0.29) is 5.75 Å². The maximum absolute atomic E-state index is 12.3. The predicted octanol–water partition coefficient (Wildman–Crippen LogP) is 2.08. The fraction of sp³-hybridized carbons (Fsp3) is 0.133. The normalized spacial score (nSPS) is 11.3. The van der Waals surface area contributed by atoms with Crippen molar-refractivity contribution in [2.45, 2.75) is 12.7 Å². The molecule has 3 rings (SSSR count). The van der Waals surface area contributed by atoms with Crippen molar-refractivity contribution in [1.29, 1.82) is 5.26 Å². The minimum Gasteiger partial charge on any atom is -0.282 e. The molecule has 23 heavy (non-hydrogen) atoms. The lowest BCUT2D eigenvalue weighted by Crippen LogP contribution is -2.15. The fourth-order valence-corrected chi connectivity index (χ4v) is 3.36. The highest BCUT2D eigenvalue weighted by Crippen LogP contribution is 2.19. The maximum atomic E-state index is 12.3. The summed E-state index contributed by atoms with van der Waals surface area (Å²) in [5, 5.41) is 16.3. The number of pyridine rings is 1. The van der Waals surface area contributed by atoms with Gasteiger partial charge in [0.2, 0.25) is 10.0 Å². The number of nitrogens with one attached hydrogen (secondary N) is 2. The van der Waals surface area contributed by atoms with Gasteiger partial charge in [-0.3, -0.25) is 9.82 Å². The number of nitrogens with zero attached hydrogens (tertiary/aromatic N) is 3. The molecule has 2 aromatic heterocycles. The smallest absolute Gasteiger partial charge is 0.236 e. The van der Waals surface area contributed by atoms with Crippen LogP contribution in [0, 0.1) is 18.3 Å². The molecule has 0 fully saturated rings. The average molecular weight is 327 g/mol. The standard InChI is InChI=1S/C15H13N5O2S/c1-10-14-6-13(8-17-15(14)19-18-10)20-23(21,22)9-12-4-2-11(7-16)3-5-12/h2-6,8,20H,9H2,1H3,(H,17,18,19). The monoisotopic (exact) mass is 327 g/mol. The van der Waals surface area contributed by atoms with Crippen LogP contribution in [0.3, 0.4) is 0 Å². The van der Waals surface area contributed by atoms with E-state index in [9.17, 15) is 8.42 Å². The Bertz CT molecular complexity index is 1000. The summed E-state index contributed by atoms with van der Waals surface area (Å²) in [4.78, 5) is 4.11. The zero-order valence-electron chi connectivity index (χ0n) is 12.2. The number of aromatic nitrogens is 3. The zero-order valence-corrected chi connectivity index (χ0v) is 13.1. The van der Waals surface area contributed by atoms with E-state index in [1.807, 2.05) is 13.0 Å². The summed E-state index contributed by atoms with van der Waals surface area (Å²) < 4.78 is 27.0. The maximum Gasteiger partial charge on any atom is 0.236 e. The number of rotatable bonds is 4. The van der Waals surface area contributed by atoms with Gasteiger partial charge in [-0.15, -0.1) is 0 Å². The number of benzene rings is 1. The number of aromatic amines is 1. The molecule has 0 atom stereocenters. The third-order valence-corrected chi connectivity index (χ3v) is 4.57. The van der Waals surface area contributed by atoms with Crippen LogP contribution in [0.25, 0.3) is 11.0 Å². The van der Waals surface area contributed by atoms with Gasteiger partial charge in [0.1, 0.15) is 0 Å². The molecule has 3 aromatic rings. The quantitative estimate of drug-likeness (QED) is 0.762. The van der Waals surface area contributed by atoms with Crippen molar-refractivity contribution in [2.24, 2.45) is 0 Å². The average Bonchev–Trinajstić information content (AvgIpc) is 2.88. The van der Waals surface area contributed by atoms with Gasteiger partial charge in [-0.2, -0.15) is 10.4 Å². The summed E-state index contributed by atoms with van der Waals surface area (Å²) in [5.41, 5.74) is 2.84. The fourth-order valence-electron chi connectivity index (χ4n) is 2.19. The molecule has 0 radical (unpaired) electrons. The van der Waals surface area contributed by atoms with E-state index in [1.54, 1.807) is 30.3 Å². The zero-order chi connectivity index (χ0) is 16.4. The van der Waals surface area contributed by atoms with Gasteiger partial charge >= 0.3 is 0 Å². The highest BCUT2D eigenvalue weighted by Gasteiger charge is 2.13. The second-order valence-electron chi connectivity index (χ2n) is 5.11. The number of anilines is 1. The lowest BCUT2D eigenvalue weighted by atomic mass is 10.2. The molecule has 0 bridgehead atoms. The molecule has 0 unspecified atom stereocenters. The summed E-state index contributed by atoms with van der Waals surface area (Å²) in [5.74, 6) is -0.179. The van der Waals surface area contributed by atoms with Crippen molar-refractivity contribution in [1.82, 2.24) is 15.2 Å². The van der Waals surface area contributed by atoms with Gasteiger partial charge in [-0.05, 0) is 30.7 Å². The third-order valence-electron chi connectivity index (χ3n) is 3.31. The molecule has 0 spiro atoms. The van der Waals surface area contributed by atoms with Crippen molar-refractivity contribution in [2.75, 3.05) is 4.72 Å². The van der Waals surface area contributed by atoms with Gasteiger partial charge in [-0.1, -0.05) is 12.1 Å². The summed E-state index contributed by atoms with van der Waals surface area (Å²) in [6.07, 6.45) is 1.43. The van der Waals surface area contributed by atoms with E-state index in [1.165, 1.54) is 6.20 Å². The van der Waals surface area contributed by atoms with E-state index in [2.05, 4.69) is 19.9 Å². The van der Waals surface area contributed by atoms with Crippen LogP contribution in [0.5, 0.6) is 0 Å². The van der Waals surface area contributed by atoms with Crippen molar-refractivity contribution in [3.8, 4) is 6.07 Å². The Labute approximate surface area is 133 Å². The minimum atomic E-state index is -3.58. The first-order chi connectivity index (χ1) is 11.0. The number of nitriles is 1. The number of sulfonamides is 1. The number of H-pyrrole nitrogens is 1. The Balaban J connectivity index is 1.81. The third kappa shape index (κ3) is 3.30. The first kappa shape index (κ1) is 15.0. The van der Waals surface area contributed by atoms with E-state index in [0.29, 0.717) is 22.5 Å². The lowest BCUT2D eigenvalue weighted by molar-refractivity contribution is 0.600. The Morgan fingerprint density at radius 2 is 2.04 bits per heavy atom. The second-order valence-corrected chi connectivity index (χ2v) is 6.84. The summed E-state index contributed by atoms with van der Waals surface area (Å²) in [6.45, 7) is 1.84. The molecular weight excluding hydrogens is 314 g/mol. The SMILES string of the molecule is Cc1[nH]nc2ncc(NS(=O)(=O)Cc3ccc(C#N)cc3)cc12. The Morgan fingerprint density at radius 3 is 2.74 bits per heavy atom. The number of hydrogen-bond acceptors (Lipinski definition) is 5. The van der Waals surface area contributed by atoms with Crippen LogP contribution in [0.15, 0.2) is 36.5 Å². The van der Waals surface area contributed by atoms with Crippen LogP contribution in [0.1, 0.15) is 16.8 Å². The molecular formula is C15H13N5O2S. The van der Waals surface area contributed by atoms with E-state index >= 15 is 0 Å². The molecule has 2 heterocycles. The molecule has 0 aliphatic rings. The van der Waals surface area contributed by atoms with Crippen LogP contribution in [-0.4, -0.2) is 23.6 Å². The molecule has 0 saturated heterocycles. The van der Waals surface area contributed by atoms with Gasteiger partial charge in [0.05, 0.1) is 29.3 Å². The number of hydrogen-bond donors (Lipinski definition) is 2. The molecule has 116 valence electrons. The molecule has 7 nitrogen and oxygen atoms in total. The number of aryl methyl sites for hydroxylation is 1. The van der Waals surface area contributed by atoms with Crippen LogP contribution < -0.4 is 4.72 Å². The van der Waals surface area contributed by atoms with Gasteiger partial charge in [-0.25, -0.2) is 13.4 Å². The largest absolute Gasteiger partial charge is 0.282 e.